The molecule has 8 heteroatoms. The lowest BCUT2D eigenvalue weighted by Crippen LogP contribution is -2.43. The second-order valence-corrected chi connectivity index (χ2v) is 9.08. The summed E-state index contributed by atoms with van der Waals surface area (Å²) in [6, 6.07) is -0.359. The zero-order valence-electron chi connectivity index (χ0n) is 18.7. The molecule has 0 aliphatic carbocycles. The number of carbonyl (C=O) groups excluding carboxylic acids is 3. The second kappa shape index (κ2) is 17.9. The van der Waals surface area contributed by atoms with E-state index in [9.17, 15) is 14.4 Å². The van der Waals surface area contributed by atoms with Crippen LogP contribution in [0.3, 0.4) is 0 Å². The molecule has 0 bridgehead atoms. The summed E-state index contributed by atoms with van der Waals surface area (Å²) in [5.41, 5.74) is 0. The predicted molar refractivity (Wildman–Crippen MR) is 116 cm³/mol. The van der Waals surface area contributed by atoms with Crippen molar-refractivity contribution in [1.82, 2.24) is 5.32 Å². The maximum absolute atomic E-state index is 12.1. The second-order valence-electron chi connectivity index (χ2n) is 7.40. The van der Waals surface area contributed by atoms with Gasteiger partial charge in [0.1, 0.15) is 18.2 Å². The average molecular weight is 434 g/mol. The van der Waals surface area contributed by atoms with Gasteiger partial charge in [0.25, 0.3) is 0 Å². The number of carbonyl (C=O) groups is 3. The van der Waals surface area contributed by atoms with E-state index in [0.717, 1.165) is 5.75 Å². The molecular formula is C21H39NO6S. The Hall–Kier alpha value is -0.960. The first kappa shape index (κ1) is 28.0. The maximum Gasteiger partial charge on any atom is 0.246 e. The molecule has 0 saturated heterocycles. The zero-order valence-corrected chi connectivity index (χ0v) is 19.5. The van der Waals surface area contributed by atoms with E-state index >= 15 is 0 Å². The van der Waals surface area contributed by atoms with Gasteiger partial charge in [-0.05, 0) is 5.25 Å². The van der Waals surface area contributed by atoms with Crippen LogP contribution in [0.2, 0.25) is 0 Å². The van der Waals surface area contributed by atoms with Crippen molar-refractivity contribution >= 4 is 29.2 Å². The first-order valence-corrected chi connectivity index (χ1v) is 11.5. The van der Waals surface area contributed by atoms with Crippen LogP contribution in [0.25, 0.3) is 0 Å². The van der Waals surface area contributed by atoms with E-state index in [-0.39, 0.29) is 49.3 Å². The van der Waals surface area contributed by atoms with Crippen LogP contribution >= 0.6 is 11.8 Å². The summed E-state index contributed by atoms with van der Waals surface area (Å²) in [7, 11) is 0. The molecule has 0 radical (unpaired) electrons. The largest absolute Gasteiger partial charge is 0.379 e. The highest BCUT2D eigenvalue weighted by atomic mass is 32.2. The highest BCUT2D eigenvalue weighted by molar-refractivity contribution is 7.99. The molecule has 0 spiro atoms. The molecule has 0 saturated carbocycles. The molecule has 1 N–H and O–H groups in total. The molecule has 0 aromatic rings. The Kier molecular flexibility index (Phi) is 17.3. The van der Waals surface area contributed by atoms with E-state index < -0.39 is 0 Å². The standard InChI is InChI=1S/C21H39NO6S/c1-6-19(23)7-9-26-13-18(14-27-10-8-20(24)16(2)3)22-21(25)15-28-11-12-29-17(4)5/h16-18H,6-15H2,1-5H3,(H,22,25). The number of ether oxygens (including phenoxy) is 3. The number of rotatable bonds is 19. The lowest BCUT2D eigenvalue weighted by Gasteiger charge is -2.19. The van der Waals surface area contributed by atoms with Crippen molar-refractivity contribution < 1.29 is 28.6 Å². The predicted octanol–water partition coefficient (Wildman–Crippen LogP) is 2.65. The molecule has 1 unspecified atom stereocenters. The topological polar surface area (TPSA) is 90.9 Å². The maximum atomic E-state index is 12.1. The molecule has 0 aromatic heterocycles. The number of hydrogen-bond donors (Lipinski definition) is 1. The van der Waals surface area contributed by atoms with E-state index in [2.05, 4.69) is 19.2 Å². The van der Waals surface area contributed by atoms with E-state index in [1.54, 1.807) is 11.8 Å². The summed E-state index contributed by atoms with van der Waals surface area (Å²) in [6.07, 6.45) is 1.20. The van der Waals surface area contributed by atoms with Gasteiger partial charge in [0.05, 0.1) is 39.1 Å². The molecule has 29 heavy (non-hydrogen) atoms. The van der Waals surface area contributed by atoms with Gasteiger partial charge in [-0.2, -0.15) is 11.8 Å². The van der Waals surface area contributed by atoms with Crippen LogP contribution in [0.5, 0.6) is 0 Å². The fourth-order valence-corrected chi connectivity index (χ4v) is 2.87. The zero-order chi connectivity index (χ0) is 22.1. The van der Waals surface area contributed by atoms with Crippen molar-refractivity contribution in [2.24, 2.45) is 5.92 Å². The number of ketones is 2. The Morgan fingerprint density at radius 3 is 2.07 bits per heavy atom. The molecule has 0 rings (SSSR count). The van der Waals surface area contributed by atoms with Crippen LogP contribution in [0, 0.1) is 5.92 Å². The fraction of sp³-hybridized carbons (Fsp3) is 0.857. The number of thioether (sulfide) groups is 1. The number of amides is 1. The molecule has 0 aliphatic rings. The lowest BCUT2D eigenvalue weighted by atomic mass is 10.1. The molecule has 7 nitrogen and oxygen atoms in total. The van der Waals surface area contributed by atoms with E-state index in [1.165, 1.54) is 0 Å². The minimum Gasteiger partial charge on any atom is -0.379 e. The molecule has 1 atom stereocenters. The van der Waals surface area contributed by atoms with Gasteiger partial charge in [-0.25, -0.2) is 0 Å². The molecule has 0 aromatic carbocycles. The van der Waals surface area contributed by atoms with Gasteiger partial charge in [0.15, 0.2) is 0 Å². The van der Waals surface area contributed by atoms with Gasteiger partial charge in [0, 0.05) is 30.9 Å². The van der Waals surface area contributed by atoms with Gasteiger partial charge in [-0.15, -0.1) is 0 Å². The van der Waals surface area contributed by atoms with E-state index in [1.807, 2.05) is 20.8 Å². The normalized spacial score (nSPS) is 12.4. The van der Waals surface area contributed by atoms with Gasteiger partial charge >= 0.3 is 0 Å². The van der Waals surface area contributed by atoms with Gasteiger partial charge in [0.2, 0.25) is 5.91 Å². The van der Waals surface area contributed by atoms with Crippen LogP contribution in [0.4, 0.5) is 0 Å². The Morgan fingerprint density at radius 1 is 0.897 bits per heavy atom. The third kappa shape index (κ3) is 17.6. The van der Waals surface area contributed by atoms with E-state index in [4.69, 9.17) is 14.2 Å². The minimum absolute atomic E-state index is 0.0143. The van der Waals surface area contributed by atoms with Crippen molar-refractivity contribution in [1.29, 1.82) is 0 Å². The van der Waals surface area contributed by atoms with Gasteiger partial charge < -0.3 is 19.5 Å². The monoisotopic (exact) mass is 433 g/mol. The third-order valence-corrected chi connectivity index (χ3v) is 5.04. The van der Waals surface area contributed by atoms with Crippen molar-refractivity contribution in [3.8, 4) is 0 Å². The summed E-state index contributed by atoms with van der Waals surface area (Å²) in [5, 5.41) is 3.37. The summed E-state index contributed by atoms with van der Waals surface area (Å²) in [6.45, 7) is 11.4. The highest BCUT2D eigenvalue weighted by Crippen LogP contribution is 2.07. The number of Topliss-reactive ketones (excluding diaryl/α,β-unsaturated/α-hetero) is 2. The average Bonchev–Trinajstić information content (AvgIpc) is 2.66. The summed E-state index contributed by atoms with van der Waals surface area (Å²) < 4.78 is 16.5. The van der Waals surface area contributed by atoms with Crippen molar-refractivity contribution in [3.05, 3.63) is 0 Å². The quantitative estimate of drug-likeness (QED) is 0.313. The van der Waals surface area contributed by atoms with Gasteiger partial charge in [-0.1, -0.05) is 34.6 Å². The molecule has 0 fully saturated rings. The molecular weight excluding hydrogens is 394 g/mol. The van der Waals surface area contributed by atoms with Crippen molar-refractivity contribution in [2.45, 2.75) is 65.2 Å². The van der Waals surface area contributed by atoms with Crippen molar-refractivity contribution in [3.63, 3.8) is 0 Å². The first-order chi connectivity index (χ1) is 13.8. The SMILES string of the molecule is CCC(=O)CCOCC(COCCC(=O)C(C)C)NC(=O)COCCSC(C)C. The molecule has 0 aliphatic heterocycles. The van der Waals surface area contributed by atoms with Crippen LogP contribution in [-0.2, 0) is 28.6 Å². The lowest BCUT2D eigenvalue weighted by molar-refractivity contribution is -0.128. The van der Waals surface area contributed by atoms with Crippen LogP contribution in [-0.4, -0.2) is 74.2 Å². The van der Waals surface area contributed by atoms with E-state index in [0.29, 0.717) is 44.3 Å². The number of hydrogen-bond acceptors (Lipinski definition) is 7. The smallest absolute Gasteiger partial charge is 0.246 e. The molecule has 1 amide bonds. The third-order valence-electron chi connectivity index (χ3n) is 3.97. The van der Waals surface area contributed by atoms with Crippen molar-refractivity contribution in [2.75, 3.05) is 45.4 Å². The molecule has 170 valence electrons. The van der Waals surface area contributed by atoms with Gasteiger partial charge in [-0.3, -0.25) is 14.4 Å². The van der Waals surface area contributed by atoms with Crippen LogP contribution in [0.15, 0.2) is 0 Å². The number of nitrogens with one attached hydrogen (secondary N) is 1. The molecule has 0 heterocycles. The Morgan fingerprint density at radius 2 is 1.52 bits per heavy atom. The highest BCUT2D eigenvalue weighted by Gasteiger charge is 2.15. The Bertz CT molecular complexity index is 470. The van der Waals surface area contributed by atoms with Crippen LogP contribution in [0.1, 0.15) is 53.9 Å². The minimum atomic E-state index is -0.359. The fourth-order valence-electron chi connectivity index (χ4n) is 2.18. The summed E-state index contributed by atoms with van der Waals surface area (Å²) in [5.74, 6) is 0.879. The Labute approximate surface area is 180 Å². The van der Waals surface area contributed by atoms with Crippen LogP contribution < -0.4 is 5.32 Å². The summed E-state index contributed by atoms with van der Waals surface area (Å²) >= 11 is 1.78. The summed E-state index contributed by atoms with van der Waals surface area (Å²) in [4.78, 5) is 35.1. The Balaban J connectivity index is 4.25. The first-order valence-electron chi connectivity index (χ1n) is 10.4.